The molecule has 0 unspecified atom stereocenters. The summed E-state index contributed by atoms with van der Waals surface area (Å²) in [5.74, 6) is 0. The highest BCUT2D eigenvalue weighted by Crippen LogP contribution is 2.34. The number of aryl methyl sites for hydroxylation is 2. The Balaban J connectivity index is 2.79. The molecule has 0 fully saturated rings. The summed E-state index contributed by atoms with van der Waals surface area (Å²) >= 11 is 1.23. The molecule has 0 saturated heterocycles. The molecule has 4 nitrogen and oxygen atoms in total. The second kappa shape index (κ2) is 3.66. The van der Waals surface area contributed by atoms with Crippen LogP contribution in [0.4, 0.5) is 11.4 Å². The van der Waals surface area contributed by atoms with Gasteiger partial charge >= 0.3 is 0 Å². The van der Waals surface area contributed by atoms with E-state index in [1.807, 2.05) is 13.8 Å². The number of anilines is 2. The highest BCUT2D eigenvalue weighted by Gasteiger charge is 2.14. The Labute approximate surface area is 92.8 Å². The van der Waals surface area contributed by atoms with E-state index in [-0.39, 0.29) is 0 Å². The van der Waals surface area contributed by atoms with Gasteiger partial charge in [0.15, 0.2) is 0 Å². The smallest absolute Gasteiger partial charge is 0.110 e. The lowest BCUT2D eigenvalue weighted by Gasteiger charge is -2.13. The van der Waals surface area contributed by atoms with Crippen LogP contribution in [0.2, 0.25) is 0 Å². The zero-order valence-electron chi connectivity index (χ0n) is 9.09. The van der Waals surface area contributed by atoms with Crippen molar-refractivity contribution >= 4 is 34.1 Å². The largest absolute Gasteiger partial charge is 0.397 e. The average molecular weight is 222 g/mol. The first kappa shape index (κ1) is 10.2. The Morgan fingerprint density at radius 2 is 1.80 bits per heavy atom. The van der Waals surface area contributed by atoms with E-state index in [0.29, 0.717) is 0 Å². The molecule has 0 bridgehead atoms. The van der Waals surface area contributed by atoms with Gasteiger partial charge in [-0.15, -0.1) is 0 Å². The summed E-state index contributed by atoms with van der Waals surface area (Å²) in [4.78, 5) is 0. The van der Waals surface area contributed by atoms with E-state index in [2.05, 4.69) is 21.0 Å². The molecule has 0 aliphatic carbocycles. The molecule has 0 aliphatic rings. The van der Waals surface area contributed by atoms with Crippen LogP contribution in [0.1, 0.15) is 18.1 Å². The topological polar surface area (TPSA) is 63.8 Å². The number of benzene rings is 1. The summed E-state index contributed by atoms with van der Waals surface area (Å²) in [5.41, 5.74) is 11.8. The van der Waals surface area contributed by atoms with Crippen LogP contribution in [0.25, 0.3) is 11.0 Å². The molecule has 5 heteroatoms. The van der Waals surface area contributed by atoms with Crippen molar-refractivity contribution in [2.75, 3.05) is 17.6 Å². The highest BCUT2D eigenvalue weighted by molar-refractivity contribution is 7.00. The number of rotatable bonds is 2. The van der Waals surface area contributed by atoms with Crippen LogP contribution >= 0.6 is 11.7 Å². The van der Waals surface area contributed by atoms with E-state index in [9.17, 15) is 0 Å². The molecule has 1 heterocycles. The number of nitrogens with two attached hydrogens (primary N) is 1. The van der Waals surface area contributed by atoms with Gasteiger partial charge in [-0.25, -0.2) is 0 Å². The van der Waals surface area contributed by atoms with E-state index in [1.54, 1.807) is 0 Å². The average Bonchev–Trinajstić information content (AvgIpc) is 2.70. The van der Waals surface area contributed by atoms with Crippen LogP contribution in [0.3, 0.4) is 0 Å². The molecule has 2 rings (SSSR count). The van der Waals surface area contributed by atoms with Crippen molar-refractivity contribution in [1.29, 1.82) is 0 Å². The summed E-state index contributed by atoms with van der Waals surface area (Å²) in [6.45, 7) is 6.92. The lowest BCUT2D eigenvalue weighted by molar-refractivity contribution is 1.20. The van der Waals surface area contributed by atoms with Gasteiger partial charge in [-0.2, -0.15) is 8.75 Å². The molecule has 0 aliphatic heterocycles. The number of aromatic nitrogens is 2. The Morgan fingerprint density at radius 1 is 1.20 bits per heavy atom. The van der Waals surface area contributed by atoms with Gasteiger partial charge in [0.1, 0.15) is 11.0 Å². The van der Waals surface area contributed by atoms with Crippen molar-refractivity contribution in [2.45, 2.75) is 20.8 Å². The minimum Gasteiger partial charge on any atom is -0.397 e. The third-order valence-electron chi connectivity index (χ3n) is 2.60. The Bertz CT molecular complexity index is 504. The summed E-state index contributed by atoms with van der Waals surface area (Å²) in [7, 11) is 0. The first-order valence-electron chi connectivity index (χ1n) is 4.91. The van der Waals surface area contributed by atoms with E-state index in [0.717, 1.165) is 40.1 Å². The van der Waals surface area contributed by atoms with E-state index < -0.39 is 0 Å². The standard InChI is InChI=1S/C10H14N4S/c1-4-12-8-6(3)10-9(13-15-14-10)5(2)7(8)11/h12H,4,11H2,1-3H3. The van der Waals surface area contributed by atoms with E-state index in [1.165, 1.54) is 11.7 Å². The van der Waals surface area contributed by atoms with Gasteiger partial charge in [0.2, 0.25) is 0 Å². The van der Waals surface area contributed by atoms with Crippen molar-refractivity contribution in [3.8, 4) is 0 Å². The molecule has 3 N–H and O–H groups in total. The molecule has 0 amide bonds. The number of nitrogens with zero attached hydrogens (tertiary/aromatic N) is 2. The first-order chi connectivity index (χ1) is 7.16. The van der Waals surface area contributed by atoms with E-state index >= 15 is 0 Å². The summed E-state index contributed by atoms with van der Waals surface area (Å²) in [5, 5.41) is 3.28. The van der Waals surface area contributed by atoms with Crippen LogP contribution in [-0.2, 0) is 0 Å². The molecule has 0 atom stereocenters. The number of nitrogens with one attached hydrogen (secondary N) is 1. The van der Waals surface area contributed by atoms with Crippen LogP contribution in [0.15, 0.2) is 0 Å². The normalized spacial score (nSPS) is 10.9. The quantitative estimate of drug-likeness (QED) is 0.765. The molecule has 0 spiro atoms. The fraction of sp³-hybridized carbons (Fsp3) is 0.400. The second-order valence-corrected chi connectivity index (χ2v) is 4.06. The van der Waals surface area contributed by atoms with Crippen LogP contribution in [0, 0.1) is 13.8 Å². The third-order valence-corrected chi connectivity index (χ3v) is 3.13. The van der Waals surface area contributed by atoms with Gasteiger partial charge in [0, 0.05) is 17.7 Å². The fourth-order valence-electron chi connectivity index (χ4n) is 1.72. The van der Waals surface area contributed by atoms with E-state index in [4.69, 9.17) is 5.73 Å². The SMILES string of the molecule is CCNc1c(N)c(C)c2nsnc2c1C. The maximum Gasteiger partial charge on any atom is 0.110 e. The van der Waals surface area contributed by atoms with Crippen molar-refractivity contribution in [3.63, 3.8) is 0 Å². The lowest BCUT2D eigenvalue weighted by Crippen LogP contribution is -2.05. The maximum absolute atomic E-state index is 6.07. The van der Waals surface area contributed by atoms with Gasteiger partial charge < -0.3 is 11.1 Å². The fourth-order valence-corrected chi connectivity index (χ4v) is 2.37. The predicted octanol–water partition coefficient (Wildman–Crippen LogP) is 2.32. The van der Waals surface area contributed by atoms with Crippen LogP contribution in [-0.4, -0.2) is 15.3 Å². The molecule has 0 saturated carbocycles. The molecule has 0 radical (unpaired) electrons. The number of hydrogen-bond acceptors (Lipinski definition) is 5. The van der Waals surface area contributed by atoms with Gasteiger partial charge in [-0.05, 0) is 20.8 Å². The van der Waals surface area contributed by atoms with Gasteiger partial charge in [-0.1, -0.05) is 0 Å². The lowest BCUT2D eigenvalue weighted by atomic mass is 10.1. The van der Waals surface area contributed by atoms with Gasteiger partial charge in [0.05, 0.1) is 23.1 Å². The Hall–Kier alpha value is -1.36. The molecular formula is C10H14N4S. The van der Waals surface area contributed by atoms with Crippen molar-refractivity contribution in [3.05, 3.63) is 11.1 Å². The maximum atomic E-state index is 6.07. The molecule has 80 valence electrons. The number of hydrogen-bond donors (Lipinski definition) is 2. The number of fused-ring (bicyclic) bond motifs is 1. The predicted molar refractivity (Wildman–Crippen MR) is 65.5 cm³/mol. The van der Waals surface area contributed by atoms with Crippen molar-refractivity contribution in [2.24, 2.45) is 0 Å². The molecule has 1 aromatic carbocycles. The van der Waals surface area contributed by atoms with Crippen molar-refractivity contribution in [1.82, 2.24) is 8.75 Å². The first-order valence-corrected chi connectivity index (χ1v) is 5.64. The van der Waals surface area contributed by atoms with Crippen LogP contribution in [0.5, 0.6) is 0 Å². The Morgan fingerprint density at radius 3 is 2.40 bits per heavy atom. The van der Waals surface area contributed by atoms with Crippen molar-refractivity contribution < 1.29 is 0 Å². The van der Waals surface area contributed by atoms with Gasteiger partial charge in [-0.3, -0.25) is 0 Å². The third kappa shape index (κ3) is 1.43. The van der Waals surface area contributed by atoms with Crippen LogP contribution < -0.4 is 11.1 Å². The molecule has 2 aromatic rings. The minimum atomic E-state index is 0.787. The summed E-state index contributed by atoms with van der Waals surface area (Å²) in [6.07, 6.45) is 0. The summed E-state index contributed by atoms with van der Waals surface area (Å²) < 4.78 is 8.56. The molecule has 15 heavy (non-hydrogen) atoms. The zero-order chi connectivity index (χ0) is 11.0. The number of nitrogen functional groups attached to an aromatic ring is 1. The minimum absolute atomic E-state index is 0.787. The molecule has 1 aromatic heterocycles. The summed E-state index contributed by atoms with van der Waals surface area (Å²) in [6, 6.07) is 0. The zero-order valence-corrected chi connectivity index (χ0v) is 9.90. The molecular weight excluding hydrogens is 208 g/mol. The monoisotopic (exact) mass is 222 g/mol. The Kier molecular flexibility index (Phi) is 2.48. The highest BCUT2D eigenvalue weighted by atomic mass is 32.1. The second-order valence-electron chi connectivity index (χ2n) is 3.53. The van der Waals surface area contributed by atoms with Gasteiger partial charge in [0.25, 0.3) is 0 Å².